The molecule has 0 spiro atoms. The minimum atomic E-state index is -4.62. The summed E-state index contributed by atoms with van der Waals surface area (Å²) < 4.78 is 39.1. The van der Waals surface area contributed by atoms with Gasteiger partial charge in [0.25, 0.3) is 11.8 Å². The van der Waals surface area contributed by atoms with Crippen LogP contribution in [0.5, 0.6) is 0 Å². The van der Waals surface area contributed by atoms with Crippen molar-refractivity contribution in [1.82, 2.24) is 5.32 Å². The first-order valence-electron chi connectivity index (χ1n) is 9.55. The molecule has 0 radical (unpaired) electrons. The maximum atomic E-state index is 13.0. The van der Waals surface area contributed by atoms with Gasteiger partial charge in [0.2, 0.25) is 0 Å². The third-order valence-corrected chi connectivity index (χ3v) is 4.26. The first-order chi connectivity index (χ1) is 14.7. The van der Waals surface area contributed by atoms with Gasteiger partial charge < -0.3 is 10.6 Å². The molecular formula is C24H23F3N2O2. The molecule has 0 aromatic heterocycles. The van der Waals surface area contributed by atoms with Crippen molar-refractivity contribution in [3.63, 3.8) is 0 Å². The van der Waals surface area contributed by atoms with Gasteiger partial charge in [-0.25, -0.2) is 0 Å². The van der Waals surface area contributed by atoms with Gasteiger partial charge in [-0.2, -0.15) is 13.2 Å². The highest BCUT2D eigenvalue weighted by atomic mass is 19.4. The molecule has 0 fully saturated rings. The van der Waals surface area contributed by atoms with Crippen LogP contribution in [0.4, 0.5) is 18.9 Å². The number of anilines is 1. The zero-order valence-corrected chi connectivity index (χ0v) is 17.0. The van der Waals surface area contributed by atoms with Crippen LogP contribution in [-0.4, -0.2) is 24.5 Å². The van der Waals surface area contributed by atoms with E-state index in [-0.39, 0.29) is 16.8 Å². The number of benzene rings is 2. The van der Waals surface area contributed by atoms with Crippen molar-refractivity contribution >= 4 is 17.5 Å². The maximum absolute atomic E-state index is 13.0. The Morgan fingerprint density at radius 3 is 2.32 bits per heavy atom. The third kappa shape index (κ3) is 7.29. The molecule has 0 heterocycles. The molecule has 0 saturated carbocycles. The van der Waals surface area contributed by atoms with E-state index in [0.717, 1.165) is 11.6 Å². The van der Waals surface area contributed by atoms with Crippen LogP contribution in [0.3, 0.4) is 0 Å². The summed E-state index contributed by atoms with van der Waals surface area (Å²) in [6.45, 7) is 5.25. The van der Waals surface area contributed by atoms with Crippen LogP contribution < -0.4 is 10.6 Å². The number of hydrogen-bond acceptors (Lipinski definition) is 2. The Kier molecular flexibility index (Phi) is 8.37. The fourth-order valence-corrected chi connectivity index (χ4v) is 2.71. The van der Waals surface area contributed by atoms with Gasteiger partial charge in [0, 0.05) is 12.1 Å². The lowest BCUT2D eigenvalue weighted by Gasteiger charge is -2.12. The van der Waals surface area contributed by atoms with Crippen LogP contribution >= 0.6 is 0 Å². The maximum Gasteiger partial charge on any atom is 0.416 e. The average molecular weight is 428 g/mol. The highest BCUT2D eigenvalue weighted by molar-refractivity contribution is 6.09. The van der Waals surface area contributed by atoms with Gasteiger partial charge in [0.05, 0.1) is 16.8 Å². The van der Waals surface area contributed by atoms with E-state index in [0.29, 0.717) is 19.0 Å². The fraction of sp³-hybridized carbons (Fsp3) is 0.167. The lowest BCUT2D eigenvalue weighted by atomic mass is 10.1. The lowest BCUT2D eigenvalue weighted by molar-refractivity contribution is -0.112. The minimum absolute atomic E-state index is 0.179. The normalized spacial score (nSPS) is 11.9. The number of allylic oxidation sites excluding steroid dienone is 3. The van der Waals surface area contributed by atoms with E-state index in [4.69, 9.17) is 0 Å². The number of rotatable bonds is 8. The Labute approximate surface area is 179 Å². The van der Waals surface area contributed by atoms with Gasteiger partial charge in [0.1, 0.15) is 0 Å². The molecule has 7 heteroatoms. The number of amides is 2. The number of nitrogens with one attached hydrogen (secondary N) is 2. The third-order valence-electron chi connectivity index (χ3n) is 4.26. The Morgan fingerprint density at radius 2 is 1.68 bits per heavy atom. The molecule has 2 rings (SSSR count). The molecule has 162 valence electrons. The summed E-state index contributed by atoms with van der Waals surface area (Å²) in [6, 6.07) is 15.9. The Balaban J connectivity index is 2.08. The van der Waals surface area contributed by atoms with Gasteiger partial charge in [-0.05, 0) is 37.1 Å². The second kappa shape index (κ2) is 11.0. The van der Waals surface area contributed by atoms with Crippen LogP contribution in [0.15, 0.2) is 90.6 Å². The fourth-order valence-electron chi connectivity index (χ4n) is 2.71. The SMILES string of the molecule is C=C(/C=C(\C=C/C)C(F)(F)F)C(=O)Nc1ccccc1C(=O)NCCc1ccccc1. The molecule has 0 aliphatic carbocycles. The van der Waals surface area contributed by atoms with Crippen LogP contribution in [-0.2, 0) is 11.2 Å². The summed E-state index contributed by atoms with van der Waals surface area (Å²) in [5, 5.41) is 5.24. The summed E-state index contributed by atoms with van der Waals surface area (Å²) in [4.78, 5) is 24.9. The van der Waals surface area contributed by atoms with Gasteiger partial charge >= 0.3 is 6.18 Å². The standard InChI is InChI=1S/C24H23F3N2O2/c1-3-9-19(24(25,26)27)16-17(2)22(30)29-21-13-8-7-12-20(21)23(31)28-15-14-18-10-5-4-6-11-18/h3-13,16H,2,14-15H2,1H3,(H,28,31)(H,29,30)/b9-3-,19-16+. The predicted octanol–water partition coefficient (Wildman–Crippen LogP) is 5.22. The molecule has 0 bridgehead atoms. The molecule has 2 aromatic carbocycles. The highest BCUT2D eigenvalue weighted by Gasteiger charge is 2.32. The highest BCUT2D eigenvalue weighted by Crippen LogP contribution is 2.28. The molecule has 0 aliphatic rings. The molecule has 31 heavy (non-hydrogen) atoms. The van der Waals surface area contributed by atoms with Crippen molar-refractivity contribution < 1.29 is 22.8 Å². The predicted molar refractivity (Wildman–Crippen MR) is 116 cm³/mol. The second-order valence-corrected chi connectivity index (χ2v) is 6.61. The zero-order chi connectivity index (χ0) is 22.9. The van der Waals surface area contributed by atoms with Crippen molar-refractivity contribution in [3.05, 3.63) is 102 Å². The molecule has 2 amide bonds. The molecule has 2 aromatic rings. The molecule has 0 aliphatic heterocycles. The van der Waals surface area contributed by atoms with E-state index in [1.54, 1.807) is 12.1 Å². The van der Waals surface area contributed by atoms with E-state index >= 15 is 0 Å². The van der Waals surface area contributed by atoms with Crippen molar-refractivity contribution in [2.45, 2.75) is 19.5 Å². The monoisotopic (exact) mass is 428 g/mol. The van der Waals surface area contributed by atoms with E-state index in [1.807, 2.05) is 30.3 Å². The number of para-hydroxylation sites is 1. The topological polar surface area (TPSA) is 58.2 Å². The van der Waals surface area contributed by atoms with Crippen molar-refractivity contribution in [1.29, 1.82) is 0 Å². The minimum Gasteiger partial charge on any atom is -0.352 e. The molecule has 4 nitrogen and oxygen atoms in total. The number of carbonyl (C=O) groups excluding carboxylic acids is 2. The number of hydrogen-bond donors (Lipinski definition) is 2. The molecule has 0 unspecified atom stereocenters. The Bertz CT molecular complexity index is 993. The van der Waals surface area contributed by atoms with Crippen LogP contribution in [0.25, 0.3) is 0 Å². The summed E-state index contributed by atoms with van der Waals surface area (Å²) in [5.41, 5.74) is 0.0601. The first-order valence-corrected chi connectivity index (χ1v) is 9.55. The van der Waals surface area contributed by atoms with Crippen molar-refractivity contribution in [3.8, 4) is 0 Å². The largest absolute Gasteiger partial charge is 0.416 e. The average Bonchev–Trinajstić information content (AvgIpc) is 2.73. The summed E-state index contributed by atoms with van der Waals surface area (Å²) in [7, 11) is 0. The zero-order valence-electron chi connectivity index (χ0n) is 17.0. The number of carbonyl (C=O) groups is 2. The second-order valence-electron chi connectivity index (χ2n) is 6.61. The van der Waals surface area contributed by atoms with Crippen LogP contribution in [0, 0.1) is 0 Å². The lowest BCUT2D eigenvalue weighted by Crippen LogP contribution is -2.27. The van der Waals surface area contributed by atoms with Gasteiger partial charge in [-0.1, -0.05) is 61.2 Å². The van der Waals surface area contributed by atoms with E-state index < -0.39 is 23.6 Å². The van der Waals surface area contributed by atoms with Gasteiger partial charge in [0.15, 0.2) is 0 Å². The van der Waals surface area contributed by atoms with Crippen molar-refractivity contribution in [2.24, 2.45) is 0 Å². The molecular weight excluding hydrogens is 405 g/mol. The smallest absolute Gasteiger partial charge is 0.352 e. The summed E-state index contributed by atoms with van der Waals surface area (Å²) >= 11 is 0. The van der Waals surface area contributed by atoms with Crippen molar-refractivity contribution in [2.75, 3.05) is 11.9 Å². The van der Waals surface area contributed by atoms with Gasteiger partial charge in [-0.3, -0.25) is 9.59 Å². The van der Waals surface area contributed by atoms with Gasteiger partial charge in [-0.15, -0.1) is 0 Å². The summed E-state index contributed by atoms with van der Waals surface area (Å²) in [6.07, 6.45) is -1.25. The molecule has 2 N–H and O–H groups in total. The molecule has 0 saturated heterocycles. The van der Waals surface area contributed by atoms with E-state index in [1.165, 1.54) is 25.1 Å². The first kappa shape index (κ1) is 23.7. The van der Waals surface area contributed by atoms with Crippen LogP contribution in [0.2, 0.25) is 0 Å². The Morgan fingerprint density at radius 1 is 1.03 bits per heavy atom. The van der Waals surface area contributed by atoms with Crippen LogP contribution in [0.1, 0.15) is 22.8 Å². The quantitative estimate of drug-likeness (QED) is 0.448. The summed E-state index contributed by atoms with van der Waals surface area (Å²) in [5.74, 6) is -1.24. The van der Waals surface area contributed by atoms with E-state index in [9.17, 15) is 22.8 Å². The van der Waals surface area contributed by atoms with E-state index in [2.05, 4.69) is 17.2 Å². The number of alkyl halides is 3. The number of halogens is 3. The Hall–Kier alpha value is -3.61. The molecule has 0 atom stereocenters.